The number of halogens is 2. The number of aliphatic hydroxyl groups excluding tert-OH is 1. The highest BCUT2D eigenvalue weighted by molar-refractivity contribution is 6.36. The van der Waals surface area contributed by atoms with E-state index in [1.165, 1.54) is 0 Å². The smallest absolute Gasteiger partial charge is 0.244 e. The van der Waals surface area contributed by atoms with Crippen LogP contribution >= 0.6 is 23.2 Å². The summed E-state index contributed by atoms with van der Waals surface area (Å²) in [5, 5.41) is 10.9. The van der Waals surface area contributed by atoms with Crippen LogP contribution in [0, 0.1) is 5.92 Å². The zero-order chi connectivity index (χ0) is 15.9. The second-order valence-corrected chi connectivity index (χ2v) is 7.06. The number of nitrogens with zero attached hydrogens (tertiary/aromatic N) is 2. The van der Waals surface area contributed by atoms with Gasteiger partial charge in [-0.05, 0) is 37.0 Å². The molecule has 1 aromatic carbocycles. The van der Waals surface area contributed by atoms with Crippen molar-refractivity contribution in [2.24, 2.45) is 5.92 Å². The first-order valence-electron chi connectivity index (χ1n) is 7.66. The van der Waals surface area contributed by atoms with Crippen LogP contribution in [0.2, 0.25) is 10.0 Å². The predicted molar refractivity (Wildman–Crippen MR) is 88.6 cm³/mol. The number of piperidine rings is 1. The number of hydrogen-bond donors (Lipinski definition) is 1. The van der Waals surface area contributed by atoms with Gasteiger partial charge in [0, 0.05) is 24.7 Å². The molecule has 3 atom stereocenters. The minimum absolute atomic E-state index is 0.0906. The van der Waals surface area contributed by atoms with Gasteiger partial charge in [0.1, 0.15) is 0 Å². The third kappa shape index (κ3) is 2.98. The Bertz CT molecular complexity index is 581. The number of likely N-dealkylation sites (tertiary alicyclic amines) is 1. The molecule has 0 unspecified atom stereocenters. The Morgan fingerprint density at radius 1 is 1.23 bits per heavy atom. The van der Waals surface area contributed by atoms with Crippen molar-refractivity contribution >= 4 is 34.8 Å². The van der Waals surface area contributed by atoms with Crippen LogP contribution in [0.5, 0.6) is 0 Å². The Kier molecular flexibility index (Phi) is 4.64. The maximum absolute atomic E-state index is 12.8. The second-order valence-electron chi connectivity index (χ2n) is 6.22. The molecular formula is C16H20Cl2N2O2. The van der Waals surface area contributed by atoms with Crippen LogP contribution in [0.15, 0.2) is 18.2 Å². The number of carbonyl (C=O) groups excluding carboxylic acids is 1. The largest absolute Gasteiger partial charge is 0.393 e. The molecule has 2 aliphatic rings. The van der Waals surface area contributed by atoms with E-state index in [9.17, 15) is 9.90 Å². The summed E-state index contributed by atoms with van der Waals surface area (Å²) in [6, 6.07) is 5.11. The second kappa shape index (κ2) is 6.36. The van der Waals surface area contributed by atoms with Gasteiger partial charge in [0.15, 0.2) is 0 Å². The molecule has 2 fully saturated rings. The van der Waals surface area contributed by atoms with Crippen molar-refractivity contribution in [1.29, 1.82) is 0 Å². The van der Waals surface area contributed by atoms with Crippen LogP contribution in [-0.4, -0.2) is 47.7 Å². The number of hydrogen-bond acceptors (Lipinski definition) is 3. The van der Waals surface area contributed by atoms with Gasteiger partial charge in [-0.3, -0.25) is 9.69 Å². The Morgan fingerprint density at radius 3 is 2.68 bits per heavy atom. The summed E-state index contributed by atoms with van der Waals surface area (Å²) in [5.74, 6) is 0.294. The lowest BCUT2D eigenvalue weighted by molar-refractivity contribution is -0.123. The number of benzene rings is 1. The van der Waals surface area contributed by atoms with Crippen LogP contribution in [0.25, 0.3) is 0 Å². The molecule has 0 bridgehead atoms. The Morgan fingerprint density at radius 2 is 2.00 bits per heavy atom. The molecular weight excluding hydrogens is 323 g/mol. The molecule has 1 aromatic rings. The first-order valence-corrected chi connectivity index (χ1v) is 8.41. The van der Waals surface area contributed by atoms with Crippen molar-refractivity contribution in [3.05, 3.63) is 28.2 Å². The molecule has 22 heavy (non-hydrogen) atoms. The first kappa shape index (κ1) is 16.1. The summed E-state index contributed by atoms with van der Waals surface area (Å²) >= 11 is 12.1. The third-order valence-corrected chi connectivity index (χ3v) is 5.25. The zero-order valence-electron chi connectivity index (χ0n) is 12.5. The molecule has 2 heterocycles. The van der Waals surface area contributed by atoms with Crippen molar-refractivity contribution in [1.82, 2.24) is 4.90 Å². The number of carbonyl (C=O) groups is 1. The van der Waals surface area contributed by atoms with Crippen LogP contribution in [0.3, 0.4) is 0 Å². The minimum atomic E-state index is -0.255. The SMILES string of the molecule is C[C@@H]1CN([C@@H]2CCN(c3ccc(Cl)cc3Cl)C2=O)CC[C@H]1O. The van der Waals surface area contributed by atoms with E-state index in [4.69, 9.17) is 23.2 Å². The van der Waals surface area contributed by atoms with Crippen molar-refractivity contribution < 1.29 is 9.90 Å². The minimum Gasteiger partial charge on any atom is -0.393 e. The van der Waals surface area contributed by atoms with E-state index in [-0.39, 0.29) is 24.0 Å². The van der Waals surface area contributed by atoms with Crippen molar-refractivity contribution in [3.63, 3.8) is 0 Å². The molecule has 2 saturated heterocycles. The van der Waals surface area contributed by atoms with Gasteiger partial charge in [-0.2, -0.15) is 0 Å². The first-order chi connectivity index (χ1) is 10.5. The highest BCUT2D eigenvalue weighted by atomic mass is 35.5. The number of rotatable bonds is 2. The average Bonchev–Trinajstić information content (AvgIpc) is 2.84. The summed E-state index contributed by atoms with van der Waals surface area (Å²) in [5.41, 5.74) is 0.726. The molecule has 0 saturated carbocycles. The number of anilines is 1. The fourth-order valence-corrected chi connectivity index (χ4v) is 3.90. The van der Waals surface area contributed by atoms with E-state index in [1.54, 1.807) is 23.1 Å². The van der Waals surface area contributed by atoms with E-state index in [2.05, 4.69) is 4.90 Å². The molecule has 1 amide bonds. The van der Waals surface area contributed by atoms with Gasteiger partial charge in [0.05, 0.1) is 22.9 Å². The van der Waals surface area contributed by atoms with Crippen LogP contribution in [0.1, 0.15) is 19.8 Å². The van der Waals surface area contributed by atoms with E-state index in [1.807, 2.05) is 6.92 Å². The van der Waals surface area contributed by atoms with Gasteiger partial charge >= 0.3 is 0 Å². The number of aliphatic hydroxyl groups is 1. The van der Waals surface area contributed by atoms with E-state index >= 15 is 0 Å². The Hall–Kier alpha value is -0.810. The molecule has 4 nitrogen and oxygen atoms in total. The fraction of sp³-hybridized carbons (Fsp3) is 0.562. The summed E-state index contributed by atoms with van der Waals surface area (Å²) < 4.78 is 0. The van der Waals surface area contributed by atoms with Gasteiger partial charge in [-0.25, -0.2) is 0 Å². The molecule has 2 aliphatic heterocycles. The average molecular weight is 343 g/mol. The standard InChI is InChI=1S/C16H20Cl2N2O2/c1-10-9-19(6-5-15(10)21)14-4-7-20(16(14)22)13-3-2-11(17)8-12(13)18/h2-3,8,10,14-15,21H,4-7,9H2,1H3/t10-,14-,15-/m1/s1. The van der Waals surface area contributed by atoms with Crippen LogP contribution in [0.4, 0.5) is 5.69 Å². The summed E-state index contributed by atoms with van der Waals surface area (Å²) in [7, 11) is 0. The molecule has 0 radical (unpaired) electrons. The lowest BCUT2D eigenvalue weighted by Crippen LogP contribution is -2.49. The molecule has 1 N–H and O–H groups in total. The fourth-order valence-electron chi connectivity index (χ4n) is 3.39. The molecule has 120 valence electrons. The van der Waals surface area contributed by atoms with Gasteiger partial charge in [-0.15, -0.1) is 0 Å². The molecule has 0 aliphatic carbocycles. The van der Waals surface area contributed by atoms with Gasteiger partial charge < -0.3 is 10.0 Å². The van der Waals surface area contributed by atoms with E-state index < -0.39 is 0 Å². The lowest BCUT2D eigenvalue weighted by Gasteiger charge is -2.37. The molecule has 3 rings (SSSR count). The highest BCUT2D eigenvalue weighted by Crippen LogP contribution is 2.33. The van der Waals surface area contributed by atoms with Gasteiger partial charge in [0.2, 0.25) is 5.91 Å². The lowest BCUT2D eigenvalue weighted by atomic mass is 9.95. The van der Waals surface area contributed by atoms with Crippen molar-refractivity contribution in [2.45, 2.75) is 31.9 Å². The normalized spacial score (nSPS) is 30.1. The topological polar surface area (TPSA) is 43.8 Å². The summed E-state index contributed by atoms with van der Waals surface area (Å²) in [4.78, 5) is 16.7. The van der Waals surface area contributed by atoms with Crippen LogP contribution in [-0.2, 0) is 4.79 Å². The van der Waals surface area contributed by atoms with E-state index in [0.29, 0.717) is 16.6 Å². The molecule has 0 aromatic heterocycles. The summed E-state index contributed by atoms with van der Waals surface area (Å²) in [6.07, 6.45) is 1.27. The molecule has 6 heteroatoms. The van der Waals surface area contributed by atoms with Crippen molar-refractivity contribution in [3.8, 4) is 0 Å². The van der Waals surface area contributed by atoms with Gasteiger partial charge in [-0.1, -0.05) is 30.1 Å². The maximum Gasteiger partial charge on any atom is 0.244 e. The monoisotopic (exact) mass is 342 g/mol. The zero-order valence-corrected chi connectivity index (χ0v) is 14.0. The predicted octanol–water partition coefficient (Wildman–Crippen LogP) is 2.80. The van der Waals surface area contributed by atoms with Gasteiger partial charge in [0.25, 0.3) is 0 Å². The summed E-state index contributed by atoms with van der Waals surface area (Å²) in [6.45, 7) is 4.23. The maximum atomic E-state index is 12.8. The van der Waals surface area contributed by atoms with Crippen molar-refractivity contribution in [2.75, 3.05) is 24.5 Å². The molecule has 0 spiro atoms. The van der Waals surface area contributed by atoms with Crippen LogP contribution < -0.4 is 4.90 Å². The number of amides is 1. The Balaban J connectivity index is 1.75. The highest BCUT2D eigenvalue weighted by Gasteiger charge is 2.39. The third-order valence-electron chi connectivity index (χ3n) is 4.71. The Labute approximate surface area is 140 Å². The van der Waals surface area contributed by atoms with E-state index in [0.717, 1.165) is 31.6 Å². The quantitative estimate of drug-likeness (QED) is 0.898.